The van der Waals surface area contributed by atoms with Crippen LogP contribution in [-0.4, -0.2) is 38.0 Å². The van der Waals surface area contributed by atoms with Crippen LogP contribution >= 0.6 is 0 Å². The molecule has 0 aromatic carbocycles. The average molecular weight is 260 g/mol. The van der Waals surface area contributed by atoms with Gasteiger partial charge in [-0.2, -0.15) is 0 Å². The largest absolute Gasteiger partial charge is 0.348 e. The van der Waals surface area contributed by atoms with Crippen molar-refractivity contribution >= 4 is 0 Å². The topological polar surface area (TPSA) is 36.9 Å². The smallest absolute Gasteiger partial charge is 0.167 e. The van der Waals surface area contributed by atoms with E-state index >= 15 is 0 Å². The molecule has 0 radical (unpaired) electrons. The molecule has 4 nitrogen and oxygen atoms in total. The molecular weight excluding hydrogens is 232 g/mol. The van der Waals surface area contributed by atoms with E-state index < -0.39 is 11.6 Å². The Morgan fingerprint density at radius 3 is 1.00 bits per heavy atom. The third-order valence-corrected chi connectivity index (χ3v) is 3.82. The Labute approximate surface area is 111 Å². The van der Waals surface area contributed by atoms with Crippen molar-refractivity contribution in [2.75, 3.05) is 26.4 Å². The number of hydrogen-bond donors (Lipinski definition) is 0. The summed E-state index contributed by atoms with van der Waals surface area (Å²) in [6, 6.07) is 0. The lowest BCUT2D eigenvalue weighted by molar-refractivity contribution is -0.310. The molecule has 0 aliphatic carbocycles. The fraction of sp³-hybridized carbons (Fsp3) is 1.00. The fourth-order valence-electron chi connectivity index (χ4n) is 1.73. The predicted octanol–water partition coefficient (Wildman–Crippen LogP) is 2.81. The second-order valence-corrected chi connectivity index (χ2v) is 5.74. The maximum Gasteiger partial charge on any atom is 0.167 e. The van der Waals surface area contributed by atoms with Crippen LogP contribution < -0.4 is 0 Å². The molecule has 0 amide bonds. The molecule has 1 aliphatic heterocycles. The van der Waals surface area contributed by atoms with Gasteiger partial charge in [-0.15, -0.1) is 0 Å². The summed E-state index contributed by atoms with van der Waals surface area (Å²) < 4.78 is 23.4. The molecule has 1 heterocycles. The van der Waals surface area contributed by atoms with E-state index in [1.165, 1.54) is 0 Å². The molecule has 4 heteroatoms. The maximum atomic E-state index is 5.84. The fourth-order valence-corrected chi connectivity index (χ4v) is 1.73. The Bertz CT molecular complexity index is 212. The minimum Gasteiger partial charge on any atom is -0.348 e. The summed E-state index contributed by atoms with van der Waals surface area (Å²) >= 11 is 0. The first-order valence-corrected chi connectivity index (χ1v) is 6.86. The Kier molecular flexibility index (Phi) is 5.59. The molecule has 0 bridgehead atoms. The van der Waals surface area contributed by atoms with Crippen molar-refractivity contribution in [1.82, 2.24) is 0 Å². The van der Waals surface area contributed by atoms with E-state index in [4.69, 9.17) is 18.9 Å². The monoisotopic (exact) mass is 260 g/mol. The number of hydrogen-bond acceptors (Lipinski definition) is 4. The summed E-state index contributed by atoms with van der Waals surface area (Å²) in [5.41, 5.74) is 0. The third-order valence-electron chi connectivity index (χ3n) is 3.82. The van der Waals surface area contributed by atoms with Crippen molar-refractivity contribution in [3.63, 3.8) is 0 Å². The standard InChI is InChI=1S/C14H28O4/c1-11(2)13(5)15-7-9-17-14(6,12(3)4)18-10-8-16-13/h11-12H,7-10H2,1-6H3. The molecule has 0 aromatic rings. The second-order valence-electron chi connectivity index (χ2n) is 5.74. The van der Waals surface area contributed by atoms with E-state index in [1.54, 1.807) is 0 Å². The maximum absolute atomic E-state index is 5.84. The van der Waals surface area contributed by atoms with Gasteiger partial charge in [-0.25, -0.2) is 0 Å². The summed E-state index contributed by atoms with van der Waals surface area (Å²) in [6.07, 6.45) is 0. The van der Waals surface area contributed by atoms with Gasteiger partial charge in [0.25, 0.3) is 0 Å². The lowest BCUT2D eigenvalue weighted by atomic mass is 10.0. The summed E-state index contributed by atoms with van der Waals surface area (Å²) in [7, 11) is 0. The van der Waals surface area contributed by atoms with Crippen LogP contribution in [0.3, 0.4) is 0 Å². The van der Waals surface area contributed by atoms with Crippen LogP contribution in [0.1, 0.15) is 41.5 Å². The highest BCUT2D eigenvalue weighted by molar-refractivity contribution is 4.71. The zero-order valence-electron chi connectivity index (χ0n) is 12.6. The van der Waals surface area contributed by atoms with Crippen LogP contribution in [0.4, 0.5) is 0 Å². The average Bonchev–Trinajstić information content (AvgIpc) is 2.30. The number of rotatable bonds is 2. The van der Waals surface area contributed by atoms with E-state index in [0.717, 1.165) is 0 Å². The number of ether oxygens (including phenoxy) is 4. The van der Waals surface area contributed by atoms with Gasteiger partial charge in [-0.3, -0.25) is 0 Å². The van der Waals surface area contributed by atoms with Crippen LogP contribution in [0.2, 0.25) is 0 Å². The highest BCUT2D eigenvalue weighted by Crippen LogP contribution is 2.27. The van der Waals surface area contributed by atoms with Gasteiger partial charge in [0.05, 0.1) is 26.4 Å². The summed E-state index contributed by atoms with van der Waals surface area (Å²) in [5.74, 6) is -0.543. The normalized spacial score (nSPS) is 36.0. The molecule has 1 saturated heterocycles. The van der Waals surface area contributed by atoms with E-state index in [-0.39, 0.29) is 11.8 Å². The first-order valence-electron chi connectivity index (χ1n) is 6.86. The summed E-state index contributed by atoms with van der Waals surface area (Å²) in [6.45, 7) is 14.4. The molecule has 0 unspecified atom stereocenters. The van der Waals surface area contributed by atoms with Crippen molar-refractivity contribution in [2.45, 2.75) is 53.1 Å². The van der Waals surface area contributed by atoms with Gasteiger partial charge >= 0.3 is 0 Å². The molecule has 108 valence electrons. The lowest BCUT2D eigenvalue weighted by Crippen LogP contribution is -2.45. The Hall–Kier alpha value is -0.160. The van der Waals surface area contributed by atoms with E-state index in [0.29, 0.717) is 26.4 Å². The zero-order chi connectivity index (χ0) is 13.8. The van der Waals surface area contributed by atoms with Gasteiger partial charge in [-0.1, -0.05) is 27.7 Å². The SMILES string of the molecule is CC(C)C1(C)OCCOC(C)(C(C)C)OCCO1. The molecule has 0 saturated carbocycles. The van der Waals surface area contributed by atoms with E-state index in [2.05, 4.69) is 27.7 Å². The van der Waals surface area contributed by atoms with Crippen LogP contribution in [0.15, 0.2) is 0 Å². The minimum atomic E-state index is -0.557. The van der Waals surface area contributed by atoms with Gasteiger partial charge in [-0.05, 0) is 13.8 Å². The zero-order valence-corrected chi connectivity index (χ0v) is 12.6. The van der Waals surface area contributed by atoms with Crippen molar-refractivity contribution in [3.05, 3.63) is 0 Å². The van der Waals surface area contributed by atoms with Crippen LogP contribution in [0.25, 0.3) is 0 Å². The molecule has 1 aliphatic rings. The van der Waals surface area contributed by atoms with Gasteiger partial charge in [0.1, 0.15) is 0 Å². The van der Waals surface area contributed by atoms with Crippen molar-refractivity contribution in [3.8, 4) is 0 Å². The first-order chi connectivity index (χ1) is 8.30. The van der Waals surface area contributed by atoms with Crippen molar-refractivity contribution in [1.29, 1.82) is 0 Å². The third kappa shape index (κ3) is 3.92. The van der Waals surface area contributed by atoms with Crippen molar-refractivity contribution < 1.29 is 18.9 Å². The van der Waals surface area contributed by atoms with Crippen molar-refractivity contribution in [2.24, 2.45) is 11.8 Å². The van der Waals surface area contributed by atoms with Gasteiger partial charge in [0.15, 0.2) is 11.6 Å². The Morgan fingerprint density at radius 2 is 0.833 bits per heavy atom. The first kappa shape index (κ1) is 15.9. The van der Waals surface area contributed by atoms with Gasteiger partial charge in [0.2, 0.25) is 0 Å². The quantitative estimate of drug-likeness (QED) is 0.765. The molecule has 0 atom stereocenters. The van der Waals surface area contributed by atoms with E-state index in [9.17, 15) is 0 Å². The van der Waals surface area contributed by atoms with Crippen LogP contribution in [0, 0.1) is 11.8 Å². The summed E-state index contributed by atoms with van der Waals surface area (Å²) in [4.78, 5) is 0. The van der Waals surface area contributed by atoms with Gasteiger partial charge < -0.3 is 18.9 Å². The molecule has 0 N–H and O–H groups in total. The van der Waals surface area contributed by atoms with Crippen LogP contribution in [-0.2, 0) is 18.9 Å². The molecule has 0 spiro atoms. The molecule has 1 rings (SSSR count). The Morgan fingerprint density at radius 1 is 0.611 bits per heavy atom. The Balaban J connectivity index is 2.62. The van der Waals surface area contributed by atoms with Gasteiger partial charge in [0, 0.05) is 11.8 Å². The molecule has 0 aromatic heterocycles. The van der Waals surface area contributed by atoms with E-state index in [1.807, 2.05) is 13.8 Å². The van der Waals surface area contributed by atoms with Crippen LogP contribution in [0.5, 0.6) is 0 Å². The molecule has 1 fully saturated rings. The molecule has 18 heavy (non-hydrogen) atoms. The highest BCUT2D eigenvalue weighted by Gasteiger charge is 2.34. The summed E-state index contributed by atoms with van der Waals surface area (Å²) in [5, 5.41) is 0. The minimum absolute atomic E-state index is 0.286. The highest BCUT2D eigenvalue weighted by atomic mass is 16.7. The molecular formula is C14H28O4. The lowest BCUT2D eigenvalue weighted by Gasteiger charge is -2.38. The predicted molar refractivity (Wildman–Crippen MR) is 70.3 cm³/mol. The second kappa shape index (κ2) is 6.33.